The van der Waals surface area contributed by atoms with Crippen molar-refractivity contribution in [3.63, 3.8) is 0 Å². The van der Waals surface area contributed by atoms with Crippen LogP contribution in [0.1, 0.15) is 126 Å². The van der Waals surface area contributed by atoms with E-state index in [1.807, 2.05) is 108 Å². The number of nitrogens with one attached hydrogen (secondary N) is 1. The topological polar surface area (TPSA) is 269 Å². The monoisotopic (exact) mass is 1580 g/mol. The van der Waals surface area contributed by atoms with E-state index in [1.165, 1.54) is 43.1 Å². The molecule has 7 heterocycles. The summed E-state index contributed by atoms with van der Waals surface area (Å²) in [7, 11) is 9.46. The number of nitrogens with zero attached hydrogens (tertiary/aromatic N) is 5. The Balaban J connectivity index is 0.000000270. The molecule has 576 valence electrons. The first kappa shape index (κ1) is 89.0. The number of amides is 6. The Morgan fingerprint density at radius 3 is 1.22 bits per heavy atom. The fourth-order valence-electron chi connectivity index (χ4n) is 11.5. The Morgan fingerprint density at radius 2 is 0.872 bits per heavy atom. The third-order valence-electron chi connectivity index (χ3n) is 16.4. The molecule has 0 aliphatic carbocycles. The van der Waals surface area contributed by atoms with Gasteiger partial charge in [0.1, 0.15) is 22.9 Å². The summed E-state index contributed by atoms with van der Waals surface area (Å²) in [5.74, 6) is 5.72. The number of pyridine rings is 3. The van der Waals surface area contributed by atoms with Gasteiger partial charge in [-0.25, -0.2) is 0 Å². The number of ether oxygens (including phenoxy) is 10. The van der Waals surface area contributed by atoms with E-state index in [0.717, 1.165) is 115 Å². The van der Waals surface area contributed by atoms with Crippen molar-refractivity contribution in [1.82, 2.24) is 30.1 Å². The first-order valence-electron chi connectivity index (χ1n) is 34.0. The molecule has 4 fully saturated rings. The molecule has 1 N–H and O–H groups in total. The number of carbonyl (C=O) groups excluding carboxylic acids is 7. The summed E-state index contributed by atoms with van der Waals surface area (Å²) >= 11 is 9.13. The van der Waals surface area contributed by atoms with Gasteiger partial charge in [-0.05, 0) is 171 Å². The number of fused-ring (bicyclic) bond motifs is 3. The van der Waals surface area contributed by atoms with E-state index in [9.17, 15) is 33.6 Å². The summed E-state index contributed by atoms with van der Waals surface area (Å²) in [6, 6.07) is 34.2. The Bertz CT molecular complexity index is 4650. The summed E-state index contributed by atoms with van der Waals surface area (Å²) in [5, 5.41) is 6.29. The number of imide groups is 3. The van der Waals surface area contributed by atoms with Crippen LogP contribution in [0.15, 0.2) is 128 Å². The van der Waals surface area contributed by atoms with E-state index in [2.05, 4.69) is 27.4 Å². The largest absolute Gasteiger partial charge is 1.00 e. The van der Waals surface area contributed by atoms with Gasteiger partial charge in [0, 0.05) is 72.2 Å². The SMILES string of the molecule is C.C.C1CCOC1.COc1cc2c(CCl)cnc(Cc3cccc(OC(C)C)c3)c2cc1OC.COc1cc2c(CN3C(=O)CSC3=O)cnc(C(=O)c3cccc(OC(C)C)c3)c2cc1OC.COc1cc2c(CN3C(=O)CSC3=O)cnc(Cc3cccc(OC(C)C)c3)c2cc1OC.O=C1CSC(=O)N1.[H-].[Na+]. The number of carbonyl (C=O) groups is 7. The summed E-state index contributed by atoms with van der Waals surface area (Å²) in [4.78, 5) is 98.6. The number of ketones is 1. The third-order valence-corrected chi connectivity index (χ3v) is 19.2. The maximum Gasteiger partial charge on any atom is 1.00 e. The first-order valence-corrected chi connectivity index (χ1v) is 37.5. The molecule has 0 bridgehead atoms. The van der Waals surface area contributed by atoms with Crippen LogP contribution in [-0.4, -0.2) is 155 Å². The molecular weight excluding hydrogens is 1480 g/mol. The molecule has 0 unspecified atom stereocenters. The summed E-state index contributed by atoms with van der Waals surface area (Å²) < 4.78 is 55.2. The molecule has 6 amide bonds. The summed E-state index contributed by atoms with van der Waals surface area (Å²) in [6.45, 7) is 14.1. The van der Waals surface area contributed by atoms with Gasteiger partial charge in [-0.2, -0.15) is 0 Å². The molecule has 4 aliphatic rings. The third kappa shape index (κ3) is 23.8. The number of rotatable bonds is 23. The minimum absolute atomic E-state index is 0. The van der Waals surface area contributed by atoms with E-state index in [-0.39, 0.29) is 134 Å². The fraction of sp³-hybridized carbons (Fsp3) is 0.358. The molecule has 6 aromatic carbocycles. The van der Waals surface area contributed by atoms with Crippen LogP contribution in [0, 0.1) is 0 Å². The maximum absolute atomic E-state index is 13.5. The van der Waals surface area contributed by atoms with Crippen molar-refractivity contribution in [2.75, 3.05) is 73.1 Å². The minimum Gasteiger partial charge on any atom is -1.00 e. The van der Waals surface area contributed by atoms with Crippen LogP contribution in [-0.2, 0) is 50.9 Å². The number of methoxy groups -OCH3 is 6. The van der Waals surface area contributed by atoms with Crippen LogP contribution in [0.3, 0.4) is 0 Å². The van der Waals surface area contributed by atoms with Gasteiger partial charge in [0.25, 0.3) is 15.7 Å². The van der Waals surface area contributed by atoms with E-state index >= 15 is 0 Å². The smallest absolute Gasteiger partial charge is 1.00 e. The second kappa shape index (κ2) is 42.9. The molecule has 109 heavy (non-hydrogen) atoms. The van der Waals surface area contributed by atoms with E-state index in [0.29, 0.717) is 86.6 Å². The van der Waals surface area contributed by atoms with Gasteiger partial charge in [0.05, 0.1) is 103 Å². The molecule has 0 saturated carbocycles. The van der Waals surface area contributed by atoms with Gasteiger partial charge in [-0.3, -0.25) is 63.6 Å². The molecule has 0 atom stereocenters. The zero-order valence-corrected chi connectivity index (χ0v) is 67.3. The van der Waals surface area contributed by atoms with Crippen molar-refractivity contribution in [2.45, 2.75) is 119 Å². The molecule has 28 heteroatoms. The predicted molar refractivity (Wildman–Crippen MR) is 427 cm³/mol. The fourth-order valence-corrected chi connectivity index (χ4v) is 13.7. The first-order chi connectivity index (χ1) is 51.0. The van der Waals surface area contributed by atoms with Gasteiger partial charge in [0.2, 0.25) is 23.5 Å². The summed E-state index contributed by atoms with van der Waals surface area (Å²) in [6.07, 6.45) is 9.12. The number of halogens is 1. The van der Waals surface area contributed by atoms with Gasteiger partial charge in [-0.1, -0.05) is 86.5 Å². The van der Waals surface area contributed by atoms with Crippen LogP contribution in [0.4, 0.5) is 14.4 Å². The second-order valence-electron chi connectivity index (χ2n) is 25.0. The Labute approximate surface area is 677 Å². The van der Waals surface area contributed by atoms with Crippen LogP contribution in [0.25, 0.3) is 32.3 Å². The van der Waals surface area contributed by atoms with Crippen molar-refractivity contribution >= 4 is 118 Å². The van der Waals surface area contributed by atoms with Gasteiger partial charge >= 0.3 is 29.6 Å². The maximum atomic E-state index is 13.5. The average molecular weight is 1580 g/mol. The minimum atomic E-state index is -0.305. The van der Waals surface area contributed by atoms with Crippen molar-refractivity contribution in [1.29, 1.82) is 0 Å². The van der Waals surface area contributed by atoms with Gasteiger partial charge in [-0.15, -0.1) is 11.6 Å². The van der Waals surface area contributed by atoms with Crippen molar-refractivity contribution in [3.05, 3.63) is 178 Å². The molecule has 0 spiro atoms. The standard InChI is InChI=1S/C25H24N2O6S.C25H26N2O5S.C22H24ClNO3.C4H8O.C3H3NO2S.2CH4.Na.H/c1-14(2)33-17-7-5-6-15(8-17)24(29)23-19-10-21(32-4)20(31-3)9-18(19)16(11-26-23)12-27-22(28)13-34-25(27)30;1-15(2)32-18-7-5-6-16(8-18)9-21-20-11-23(31-4)22(30-3)10-19(20)17(12-26-21)13-27-24(28)14-33-25(27)29;1-14(2)27-17-7-5-6-15(8-17)9-20-19-11-22(26-4)21(25-3)10-18(19)16(12-23)13-24-20;1-2-4-5-3-1;5-2-1-7-3(6)4-2;;;;/h5-11,14H,12-13H2,1-4H3;5-8,10-12,15H,9,13-14H2,1-4H3;5-8,10-11,13-14H,9,12H2,1-4H3;1-4H2;1H2,(H,4,5,6);2*1H4;;/q;;;;;;;+1;-1. The molecule has 9 aromatic rings. The zero-order valence-electron chi connectivity index (χ0n) is 63.1. The molecule has 13 rings (SSSR count). The zero-order chi connectivity index (χ0) is 76.1. The number of aromatic nitrogens is 3. The number of hydrogen-bond acceptors (Lipinski definition) is 23. The molecule has 23 nitrogen and oxygen atoms in total. The predicted octanol–water partition coefficient (Wildman–Crippen LogP) is 13.8. The van der Waals surface area contributed by atoms with Crippen LogP contribution in [0.5, 0.6) is 51.7 Å². The normalized spacial score (nSPS) is 13.5. The molecule has 3 aromatic heterocycles. The average Bonchev–Trinajstić information content (AvgIpc) is 0.957. The Kier molecular flexibility index (Phi) is 35.1. The molecule has 0 radical (unpaired) electrons. The summed E-state index contributed by atoms with van der Waals surface area (Å²) in [5.41, 5.74) is 7.01. The number of hydrogen-bond donors (Lipinski definition) is 1. The van der Waals surface area contributed by atoms with Crippen molar-refractivity contribution in [3.8, 4) is 51.7 Å². The molecule has 4 saturated heterocycles. The second-order valence-corrected chi connectivity index (χ2v) is 28.1. The van der Waals surface area contributed by atoms with E-state index in [4.69, 9.17) is 64.0 Å². The van der Waals surface area contributed by atoms with Gasteiger partial charge < -0.3 is 48.8 Å². The Hall–Kier alpha value is -8.86. The van der Waals surface area contributed by atoms with Crippen LogP contribution in [0.2, 0.25) is 0 Å². The van der Waals surface area contributed by atoms with Crippen molar-refractivity contribution in [2.24, 2.45) is 0 Å². The Morgan fingerprint density at radius 1 is 0.495 bits per heavy atom. The molecular formula is C81H94ClN6NaO17S3. The number of benzene rings is 6. The van der Waals surface area contributed by atoms with E-state index in [1.54, 1.807) is 71.0 Å². The van der Waals surface area contributed by atoms with E-state index < -0.39 is 0 Å². The molecule has 4 aliphatic heterocycles. The van der Waals surface area contributed by atoms with Crippen LogP contribution < -0.4 is 77.5 Å². The number of alkyl halides is 1. The van der Waals surface area contributed by atoms with Crippen LogP contribution >= 0.6 is 46.9 Å². The van der Waals surface area contributed by atoms with Gasteiger partial charge in [0.15, 0.2) is 34.5 Å². The van der Waals surface area contributed by atoms with Crippen molar-refractivity contribution < 1.29 is 112 Å². The number of thioether (sulfide) groups is 3. The quantitative estimate of drug-likeness (QED) is 0.0354.